The second kappa shape index (κ2) is 8.23. The Bertz CT molecular complexity index is 967. The Labute approximate surface area is 167 Å². The number of carbonyl (C=O) groups is 1. The Morgan fingerprint density at radius 2 is 1.81 bits per heavy atom. The molecule has 1 aromatic heterocycles. The zero-order valence-electron chi connectivity index (χ0n) is 14.8. The minimum atomic E-state index is -0.603. The van der Waals surface area contributed by atoms with E-state index in [1.165, 1.54) is 0 Å². The van der Waals surface area contributed by atoms with E-state index in [-0.39, 0.29) is 11.7 Å². The number of carbonyl (C=O) groups excluding carboxylic acids is 1. The monoisotopic (exact) mass is 402 g/mol. The molecule has 0 spiro atoms. The highest BCUT2D eigenvalue weighted by Gasteiger charge is 2.19. The number of benzene rings is 2. The van der Waals surface area contributed by atoms with Crippen LogP contribution in [0.3, 0.4) is 0 Å². The molecule has 4 N–H and O–H groups in total. The highest BCUT2D eigenvalue weighted by atomic mass is 35.5. The molecule has 0 fully saturated rings. The molecule has 7 heteroatoms. The third-order valence-corrected chi connectivity index (χ3v) is 5.13. The summed E-state index contributed by atoms with van der Waals surface area (Å²) in [6.07, 6.45) is 0. The fourth-order valence-electron chi connectivity index (χ4n) is 2.97. The Morgan fingerprint density at radius 1 is 1.11 bits per heavy atom. The van der Waals surface area contributed by atoms with Gasteiger partial charge in [0.15, 0.2) is 0 Å². The van der Waals surface area contributed by atoms with E-state index in [1.807, 2.05) is 43.3 Å². The molecule has 0 aliphatic rings. The predicted molar refractivity (Wildman–Crippen MR) is 109 cm³/mol. The van der Waals surface area contributed by atoms with Crippen molar-refractivity contribution in [3.8, 4) is 11.3 Å². The minimum Gasteiger partial charge on any atom is -0.326 e. The lowest BCUT2D eigenvalue weighted by atomic mass is 10.0. The van der Waals surface area contributed by atoms with Crippen molar-refractivity contribution in [2.45, 2.75) is 26.1 Å². The number of hydrogen-bond acceptors (Lipinski definition) is 4. The van der Waals surface area contributed by atoms with Crippen molar-refractivity contribution < 1.29 is 4.79 Å². The summed E-state index contributed by atoms with van der Waals surface area (Å²) in [5, 5.41) is 4.43. The first-order chi connectivity index (χ1) is 12.9. The summed E-state index contributed by atoms with van der Waals surface area (Å²) >= 11 is 11.9. The van der Waals surface area contributed by atoms with Crippen LogP contribution in [0, 0.1) is 0 Å². The summed E-state index contributed by atoms with van der Waals surface area (Å²) in [5.41, 5.74) is 16.2. The molecule has 1 heterocycles. The highest BCUT2D eigenvalue weighted by Crippen LogP contribution is 2.30. The van der Waals surface area contributed by atoms with Gasteiger partial charge in [-0.3, -0.25) is 9.48 Å². The molecule has 5 nitrogen and oxygen atoms in total. The van der Waals surface area contributed by atoms with Crippen molar-refractivity contribution in [3.05, 3.63) is 75.9 Å². The molecule has 140 valence electrons. The molecule has 0 radical (unpaired) electrons. The van der Waals surface area contributed by atoms with Crippen molar-refractivity contribution in [1.29, 1.82) is 0 Å². The van der Waals surface area contributed by atoms with E-state index in [1.54, 1.807) is 16.8 Å². The molecular weight excluding hydrogens is 383 g/mol. The maximum atomic E-state index is 11.7. The summed E-state index contributed by atoms with van der Waals surface area (Å²) in [7, 11) is 0. The highest BCUT2D eigenvalue weighted by molar-refractivity contribution is 6.67. The number of aromatic nitrogens is 2. The van der Waals surface area contributed by atoms with Crippen molar-refractivity contribution in [3.63, 3.8) is 0 Å². The van der Waals surface area contributed by atoms with Gasteiger partial charge < -0.3 is 11.5 Å². The molecule has 27 heavy (non-hydrogen) atoms. The van der Waals surface area contributed by atoms with E-state index in [9.17, 15) is 4.79 Å². The third-order valence-electron chi connectivity index (χ3n) is 4.56. The minimum absolute atomic E-state index is 0.117. The topological polar surface area (TPSA) is 86.9 Å². The van der Waals surface area contributed by atoms with Crippen LogP contribution in [-0.4, -0.2) is 15.0 Å². The first-order valence-corrected chi connectivity index (χ1v) is 9.27. The molecule has 0 aliphatic carbocycles. The Balaban J connectivity index is 2.10. The van der Waals surface area contributed by atoms with Gasteiger partial charge in [-0.15, -0.1) is 0 Å². The summed E-state index contributed by atoms with van der Waals surface area (Å²) < 4.78 is 1.79. The predicted octanol–water partition coefficient (Wildman–Crippen LogP) is 4.11. The van der Waals surface area contributed by atoms with Crippen molar-refractivity contribution in [2.75, 3.05) is 0 Å². The van der Waals surface area contributed by atoms with Crippen molar-refractivity contribution in [2.24, 2.45) is 11.5 Å². The van der Waals surface area contributed by atoms with E-state index in [0.717, 1.165) is 27.9 Å². The fourth-order valence-corrected chi connectivity index (χ4v) is 3.25. The maximum Gasteiger partial charge on any atom is 0.272 e. The van der Waals surface area contributed by atoms with E-state index >= 15 is 0 Å². The average molecular weight is 403 g/mol. The SMILES string of the molecule is CC(c1ccc(CN)cc1)n1nc(C(=O)Cl)cc1-c1ccc(Cl)c(CN)c1. The fraction of sp³-hybridized carbons (Fsp3) is 0.200. The number of hydrogen-bond donors (Lipinski definition) is 2. The van der Waals surface area contributed by atoms with Crippen LogP contribution in [0.5, 0.6) is 0 Å². The zero-order chi connectivity index (χ0) is 19.6. The molecule has 0 saturated carbocycles. The smallest absolute Gasteiger partial charge is 0.272 e. The molecule has 3 rings (SSSR count). The van der Waals surface area contributed by atoms with Crippen LogP contribution in [0.15, 0.2) is 48.5 Å². The van der Waals surface area contributed by atoms with Gasteiger partial charge in [-0.25, -0.2) is 0 Å². The number of halogens is 2. The van der Waals surface area contributed by atoms with Crippen LogP contribution in [-0.2, 0) is 13.1 Å². The van der Waals surface area contributed by atoms with Crippen molar-refractivity contribution in [1.82, 2.24) is 9.78 Å². The van der Waals surface area contributed by atoms with Gasteiger partial charge in [-0.05, 0) is 53.4 Å². The zero-order valence-corrected chi connectivity index (χ0v) is 16.3. The van der Waals surface area contributed by atoms with Gasteiger partial charge in [-0.2, -0.15) is 5.10 Å². The second-order valence-electron chi connectivity index (χ2n) is 6.27. The van der Waals surface area contributed by atoms with Crippen LogP contribution in [0.25, 0.3) is 11.3 Å². The summed E-state index contributed by atoms with van der Waals surface area (Å²) in [5.74, 6) is 0. The molecule has 1 atom stereocenters. The molecule has 0 amide bonds. The summed E-state index contributed by atoms with van der Waals surface area (Å²) in [6.45, 7) is 2.81. The Hall–Kier alpha value is -2.18. The average Bonchev–Trinajstić information content (AvgIpc) is 3.13. The lowest BCUT2D eigenvalue weighted by Crippen LogP contribution is -2.11. The lowest BCUT2D eigenvalue weighted by Gasteiger charge is -2.17. The number of nitrogens with two attached hydrogens (primary N) is 2. The van der Waals surface area contributed by atoms with E-state index < -0.39 is 5.24 Å². The molecule has 2 aromatic carbocycles. The summed E-state index contributed by atoms with van der Waals surface area (Å²) in [6, 6.07) is 15.1. The number of nitrogens with zero attached hydrogens (tertiary/aromatic N) is 2. The largest absolute Gasteiger partial charge is 0.326 e. The van der Waals surface area contributed by atoms with Crippen LogP contribution >= 0.6 is 23.2 Å². The van der Waals surface area contributed by atoms with Gasteiger partial charge in [0.25, 0.3) is 5.24 Å². The van der Waals surface area contributed by atoms with Gasteiger partial charge in [-0.1, -0.05) is 41.9 Å². The Morgan fingerprint density at radius 3 is 2.41 bits per heavy atom. The van der Waals surface area contributed by atoms with Crippen LogP contribution in [0.2, 0.25) is 5.02 Å². The molecule has 1 unspecified atom stereocenters. The van der Waals surface area contributed by atoms with E-state index in [0.29, 0.717) is 18.1 Å². The van der Waals surface area contributed by atoms with Gasteiger partial charge in [0.1, 0.15) is 5.69 Å². The van der Waals surface area contributed by atoms with Gasteiger partial charge >= 0.3 is 0 Å². The molecule has 0 aliphatic heterocycles. The van der Waals surface area contributed by atoms with Crippen LogP contribution < -0.4 is 11.5 Å². The van der Waals surface area contributed by atoms with Gasteiger partial charge in [0, 0.05) is 23.7 Å². The van der Waals surface area contributed by atoms with Crippen molar-refractivity contribution >= 4 is 28.4 Å². The standard InChI is InChI=1S/C20H20Cl2N4O/c1-12(14-4-2-13(10-23)3-5-14)26-19(9-18(25-26)20(22)27)15-6-7-17(21)16(8-15)11-24/h2-9,12H,10-11,23-24H2,1H3. The van der Waals surface area contributed by atoms with Gasteiger partial charge in [0.2, 0.25) is 0 Å². The molecule has 0 saturated heterocycles. The second-order valence-corrected chi connectivity index (χ2v) is 7.02. The normalized spacial score (nSPS) is 12.2. The van der Waals surface area contributed by atoms with Crippen LogP contribution in [0.1, 0.15) is 40.1 Å². The van der Waals surface area contributed by atoms with E-state index in [2.05, 4.69) is 5.10 Å². The van der Waals surface area contributed by atoms with Crippen LogP contribution in [0.4, 0.5) is 0 Å². The molecular formula is C20H20Cl2N4O. The Kier molecular flexibility index (Phi) is 5.97. The number of rotatable bonds is 6. The maximum absolute atomic E-state index is 11.7. The lowest BCUT2D eigenvalue weighted by molar-refractivity contribution is 0.107. The van der Waals surface area contributed by atoms with Gasteiger partial charge in [0.05, 0.1) is 11.7 Å². The summed E-state index contributed by atoms with van der Waals surface area (Å²) in [4.78, 5) is 11.7. The third kappa shape index (κ3) is 4.06. The molecule has 3 aromatic rings. The molecule has 0 bridgehead atoms. The van der Waals surface area contributed by atoms with E-state index in [4.69, 9.17) is 34.7 Å². The first-order valence-electron chi connectivity index (χ1n) is 8.51. The quantitative estimate of drug-likeness (QED) is 0.607. The first kappa shape index (κ1) is 19.6.